The quantitative estimate of drug-likeness (QED) is 0.150. The molecular formula is C56H45N. The van der Waals surface area contributed by atoms with E-state index in [1.165, 1.54) is 77.6 Å². The molecule has 274 valence electrons. The molecule has 0 saturated carbocycles. The van der Waals surface area contributed by atoms with Gasteiger partial charge in [-0.1, -0.05) is 178 Å². The normalized spacial score (nSPS) is 14.5. The smallest absolute Gasteiger partial charge is 0.0461 e. The van der Waals surface area contributed by atoms with Crippen molar-refractivity contribution in [3.8, 4) is 44.5 Å². The Balaban J connectivity index is 1.02. The van der Waals surface area contributed by atoms with Gasteiger partial charge < -0.3 is 4.90 Å². The molecule has 0 aromatic heterocycles. The summed E-state index contributed by atoms with van der Waals surface area (Å²) in [7, 11) is 0. The van der Waals surface area contributed by atoms with E-state index in [0.717, 1.165) is 17.1 Å². The summed E-state index contributed by atoms with van der Waals surface area (Å²) in [5, 5.41) is 2.52. The second-order valence-corrected chi connectivity index (χ2v) is 15.4. The fourth-order valence-corrected chi connectivity index (χ4v) is 8.50. The van der Waals surface area contributed by atoms with E-state index < -0.39 is 0 Å². The first-order chi connectivity index (χ1) is 27.9. The van der Waals surface area contributed by atoms with Gasteiger partial charge in [0.25, 0.3) is 0 Å². The van der Waals surface area contributed by atoms with Crippen LogP contribution in [0.15, 0.2) is 224 Å². The van der Waals surface area contributed by atoms with Crippen molar-refractivity contribution in [3.63, 3.8) is 0 Å². The Morgan fingerprint density at radius 1 is 0.456 bits per heavy atom. The third-order valence-corrected chi connectivity index (χ3v) is 11.6. The van der Waals surface area contributed by atoms with Gasteiger partial charge in [0.2, 0.25) is 0 Å². The predicted octanol–water partition coefficient (Wildman–Crippen LogP) is 15.5. The zero-order valence-corrected chi connectivity index (χ0v) is 32.8. The molecule has 0 saturated heterocycles. The third kappa shape index (κ3) is 6.83. The van der Waals surface area contributed by atoms with E-state index in [2.05, 4.69) is 232 Å². The summed E-state index contributed by atoms with van der Waals surface area (Å²) in [4.78, 5) is 2.27. The van der Waals surface area contributed by atoms with Gasteiger partial charge in [0.05, 0.1) is 0 Å². The molecule has 57 heavy (non-hydrogen) atoms. The standard InChI is InChI=1S/C56H45N/c1-5-52-53-34-31-49(43-25-23-42(24-26-43)48-28-27-41-17-12-13-18-45(41)37-48)38-55(53)56(3,4)54(52)35-39(2)57(50-21-10-7-11-22-50)51-32-29-44(30-33-51)47-20-14-19-46(36-47)40-15-8-6-9-16-40/h5-38H,2H2,1,3-4H3/b52-5-,54-35+. The van der Waals surface area contributed by atoms with Crippen LogP contribution in [0, 0.1) is 0 Å². The van der Waals surface area contributed by atoms with Crippen LogP contribution in [0.1, 0.15) is 31.9 Å². The summed E-state index contributed by atoms with van der Waals surface area (Å²) in [6.45, 7) is 11.6. The summed E-state index contributed by atoms with van der Waals surface area (Å²) in [6, 6.07) is 70.0. The van der Waals surface area contributed by atoms with Crippen molar-refractivity contribution in [2.45, 2.75) is 26.2 Å². The Bertz CT molecular complexity index is 2800. The highest BCUT2D eigenvalue weighted by atomic mass is 15.1. The van der Waals surface area contributed by atoms with E-state index in [-0.39, 0.29) is 5.41 Å². The summed E-state index contributed by atoms with van der Waals surface area (Å²) in [5.74, 6) is 0. The topological polar surface area (TPSA) is 3.24 Å². The highest BCUT2D eigenvalue weighted by molar-refractivity contribution is 5.92. The molecule has 0 aliphatic heterocycles. The van der Waals surface area contributed by atoms with Crippen molar-refractivity contribution in [3.05, 3.63) is 235 Å². The van der Waals surface area contributed by atoms with E-state index in [1.807, 2.05) is 0 Å². The molecule has 1 nitrogen and oxygen atoms in total. The van der Waals surface area contributed by atoms with Gasteiger partial charge in [-0.2, -0.15) is 0 Å². The van der Waals surface area contributed by atoms with E-state index in [1.54, 1.807) is 0 Å². The first kappa shape index (κ1) is 35.7. The lowest BCUT2D eigenvalue weighted by Gasteiger charge is -2.28. The maximum Gasteiger partial charge on any atom is 0.0461 e. The van der Waals surface area contributed by atoms with Gasteiger partial charge in [-0.05, 0) is 133 Å². The number of allylic oxidation sites excluding steroid dienone is 4. The Morgan fingerprint density at radius 2 is 0.930 bits per heavy atom. The van der Waals surface area contributed by atoms with Gasteiger partial charge in [0, 0.05) is 22.5 Å². The molecule has 0 radical (unpaired) electrons. The predicted molar refractivity (Wildman–Crippen MR) is 245 cm³/mol. The minimum atomic E-state index is -0.239. The molecule has 8 aromatic rings. The molecule has 0 fully saturated rings. The van der Waals surface area contributed by atoms with E-state index in [0.29, 0.717) is 0 Å². The second kappa shape index (κ2) is 14.9. The molecule has 0 amide bonds. The van der Waals surface area contributed by atoms with Gasteiger partial charge in [-0.25, -0.2) is 0 Å². The van der Waals surface area contributed by atoms with Crippen LogP contribution < -0.4 is 4.90 Å². The van der Waals surface area contributed by atoms with Crippen molar-refractivity contribution >= 4 is 27.7 Å². The number of nitrogens with zero attached hydrogens (tertiary/aromatic N) is 1. The molecule has 8 aromatic carbocycles. The molecule has 1 aliphatic carbocycles. The highest BCUT2D eigenvalue weighted by Gasteiger charge is 2.38. The van der Waals surface area contributed by atoms with E-state index >= 15 is 0 Å². The molecular weight excluding hydrogens is 687 g/mol. The van der Waals surface area contributed by atoms with E-state index in [4.69, 9.17) is 6.58 Å². The molecule has 1 aliphatic rings. The summed E-state index contributed by atoms with van der Waals surface area (Å²) in [6.07, 6.45) is 4.56. The molecule has 0 N–H and O–H groups in total. The minimum Gasteiger partial charge on any atom is -0.311 e. The average molecular weight is 732 g/mol. The Kier molecular flexibility index (Phi) is 9.36. The van der Waals surface area contributed by atoms with Crippen molar-refractivity contribution in [2.75, 3.05) is 4.90 Å². The monoisotopic (exact) mass is 731 g/mol. The first-order valence-electron chi connectivity index (χ1n) is 19.8. The Morgan fingerprint density at radius 3 is 1.58 bits per heavy atom. The Labute approximate surface area is 337 Å². The maximum atomic E-state index is 4.73. The highest BCUT2D eigenvalue weighted by Crippen LogP contribution is 2.51. The number of fused-ring (bicyclic) bond motifs is 2. The number of anilines is 2. The van der Waals surface area contributed by atoms with Crippen LogP contribution in [-0.4, -0.2) is 0 Å². The number of hydrogen-bond acceptors (Lipinski definition) is 1. The lowest BCUT2D eigenvalue weighted by Crippen LogP contribution is -2.19. The summed E-state index contributed by atoms with van der Waals surface area (Å²) < 4.78 is 0. The maximum absolute atomic E-state index is 4.73. The van der Waals surface area contributed by atoms with Crippen LogP contribution in [0.3, 0.4) is 0 Å². The van der Waals surface area contributed by atoms with Crippen molar-refractivity contribution in [1.29, 1.82) is 0 Å². The summed E-state index contributed by atoms with van der Waals surface area (Å²) in [5.41, 5.74) is 17.7. The number of benzene rings is 8. The summed E-state index contributed by atoms with van der Waals surface area (Å²) >= 11 is 0. The molecule has 0 unspecified atom stereocenters. The SMILES string of the molecule is C=C(/C=C1\C(=C/C)c2ccc(-c3ccc(-c4ccc5ccccc5c4)cc3)cc2C1(C)C)N(c1ccccc1)c1ccc(-c2cccc(-c3ccccc3)c2)cc1. The van der Waals surface area contributed by atoms with Crippen LogP contribution in [0.5, 0.6) is 0 Å². The third-order valence-electron chi connectivity index (χ3n) is 11.6. The largest absolute Gasteiger partial charge is 0.311 e. The minimum absolute atomic E-state index is 0.239. The van der Waals surface area contributed by atoms with Crippen LogP contribution in [0.25, 0.3) is 60.9 Å². The zero-order valence-electron chi connectivity index (χ0n) is 32.8. The first-order valence-corrected chi connectivity index (χ1v) is 19.8. The van der Waals surface area contributed by atoms with Gasteiger partial charge in [-0.3, -0.25) is 0 Å². The number of para-hydroxylation sites is 1. The van der Waals surface area contributed by atoms with Crippen LogP contribution in [0.4, 0.5) is 11.4 Å². The van der Waals surface area contributed by atoms with Crippen LogP contribution >= 0.6 is 0 Å². The van der Waals surface area contributed by atoms with Gasteiger partial charge in [0.15, 0.2) is 0 Å². The van der Waals surface area contributed by atoms with E-state index in [9.17, 15) is 0 Å². The molecule has 0 spiro atoms. The lowest BCUT2D eigenvalue weighted by atomic mass is 9.81. The van der Waals surface area contributed by atoms with Crippen molar-refractivity contribution in [2.24, 2.45) is 0 Å². The second-order valence-electron chi connectivity index (χ2n) is 15.4. The molecule has 1 heteroatoms. The molecule has 0 bridgehead atoms. The number of rotatable bonds is 8. The molecule has 0 heterocycles. The van der Waals surface area contributed by atoms with Crippen LogP contribution in [0.2, 0.25) is 0 Å². The molecule has 9 rings (SSSR count). The van der Waals surface area contributed by atoms with Crippen LogP contribution in [-0.2, 0) is 5.41 Å². The average Bonchev–Trinajstić information content (AvgIpc) is 3.48. The van der Waals surface area contributed by atoms with Gasteiger partial charge in [-0.15, -0.1) is 0 Å². The van der Waals surface area contributed by atoms with Crippen molar-refractivity contribution < 1.29 is 0 Å². The molecule has 0 atom stereocenters. The van der Waals surface area contributed by atoms with Crippen molar-refractivity contribution in [1.82, 2.24) is 0 Å². The van der Waals surface area contributed by atoms with Gasteiger partial charge in [0.1, 0.15) is 0 Å². The zero-order chi connectivity index (χ0) is 38.9. The lowest BCUT2D eigenvalue weighted by molar-refractivity contribution is 0.660. The Hall–Kier alpha value is -6.96. The van der Waals surface area contributed by atoms with Gasteiger partial charge >= 0.3 is 0 Å². The fourth-order valence-electron chi connectivity index (χ4n) is 8.50. The fraction of sp³-hybridized carbons (Fsp3) is 0.0714. The number of hydrogen-bond donors (Lipinski definition) is 0.